The van der Waals surface area contributed by atoms with Gasteiger partial charge in [-0.2, -0.15) is 5.11 Å². The lowest BCUT2D eigenvalue weighted by molar-refractivity contribution is -0.134. The SMILES string of the molecule is CN1CCC(=C2c3ccccc3Sc3ccccc32)CC1.Cl.Nc1ccc(N=Nc2ccccc2)c(N)n1.O=C(O)C=CC(=O)O. The third-order valence-corrected chi connectivity index (χ3v) is 7.95. The van der Waals surface area contributed by atoms with Gasteiger partial charge in [0.2, 0.25) is 0 Å². The molecular formula is C34H35ClN6O4S. The summed E-state index contributed by atoms with van der Waals surface area (Å²) in [6, 6.07) is 30.4. The zero-order chi connectivity index (χ0) is 32.2. The number of nitrogens with two attached hydrogens (primary N) is 2. The van der Waals surface area contributed by atoms with Gasteiger partial charge in [0.1, 0.15) is 11.5 Å². The number of hydrogen-bond donors (Lipinski definition) is 4. The van der Waals surface area contributed by atoms with E-state index in [1.54, 1.807) is 17.7 Å². The van der Waals surface area contributed by atoms with Gasteiger partial charge in [0.15, 0.2) is 5.82 Å². The number of aliphatic carboxylic acids is 2. The molecule has 0 atom stereocenters. The van der Waals surface area contributed by atoms with Crippen molar-refractivity contribution >= 4 is 64.7 Å². The van der Waals surface area contributed by atoms with Crippen LogP contribution in [-0.4, -0.2) is 52.2 Å². The van der Waals surface area contributed by atoms with Crippen LogP contribution < -0.4 is 11.5 Å². The highest BCUT2D eigenvalue weighted by molar-refractivity contribution is 7.99. The molecule has 46 heavy (non-hydrogen) atoms. The molecule has 0 unspecified atom stereocenters. The quantitative estimate of drug-likeness (QED) is 0.113. The van der Waals surface area contributed by atoms with E-state index < -0.39 is 11.9 Å². The molecular weight excluding hydrogens is 624 g/mol. The van der Waals surface area contributed by atoms with Gasteiger partial charge in [-0.25, -0.2) is 14.6 Å². The van der Waals surface area contributed by atoms with E-state index in [1.165, 1.54) is 52.4 Å². The summed E-state index contributed by atoms with van der Waals surface area (Å²) >= 11 is 1.91. The second-order valence-electron chi connectivity index (χ2n) is 10.1. The fraction of sp³-hybridized carbons (Fsp3) is 0.147. The van der Waals surface area contributed by atoms with Crippen LogP contribution in [0.3, 0.4) is 0 Å². The van der Waals surface area contributed by atoms with Crippen LogP contribution in [0.4, 0.5) is 23.0 Å². The number of carboxylic acids is 2. The first-order valence-electron chi connectivity index (χ1n) is 14.1. The number of benzene rings is 3. The topological polar surface area (TPSA) is 167 Å². The molecule has 2 aliphatic heterocycles. The highest BCUT2D eigenvalue weighted by atomic mass is 35.5. The van der Waals surface area contributed by atoms with E-state index in [2.05, 4.69) is 75.7 Å². The van der Waals surface area contributed by atoms with Crippen LogP contribution in [0.2, 0.25) is 0 Å². The largest absolute Gasteiger partial charge is 0.478 e. The van der Waals surface area contributed by atoms with E-state index in [1.807, 2.05) is 42.1 Å². The van der Waals surface area contributed by atoms with Crippen LogP contribution in [0.1, 0.15) is 24.0 Å². The second-order valence-corrected chi connectivity index (χ2v) is 11.1. The normalized spacial score (nSPS) is 13.8. The first kappa shape index (κ1) is 35.5. The summed E-state index contributed by atoms with van der Waals surface area (Å²) in [5.74, 6) is -1.87. The molecule has 0 aliphatic carbocycles. The number of rotatable bonds is 4. The molecule has 1 saturated heterocycles. The van der Waals surface area contributed by atoms with Crippen LogP contribution in [0.25, 0.3) is 5.57 Å². The Hall–Kier alpha value is -4.97. The standard InChI is InChI=1S/C19H19NS.C11H11N5.C4H4O4.ClH/c1-20-12-10-14(11-13-20)19-15-6-2-4-8-17(15)21-18-9-5-3-7-16(18)19;12-10-7-6-9(11(13)14-10)16-15-8-4-2-1-3-5-8;5-3(6)1-2-4(7)8;/h2-9H,10-13H2,1H3;1-7H,(H4,12,13,14);1-2H,(H,5,6)(H,7,8);1H. The molecule has 6 rings (SSSR count). The molecule has 1 fully saturated rings. The Morgan fingerprint density at radius 3 is 1.83 bits per heavy atom. The van der Waals surface area contributed by atoms with Crippen molar-refractivity contribution in [1.82, 2.24) is 9.88 Å². The first-order valence-corrected chi connectivity index (χ1v) is 14.9. The van der Waals surface area contributed by atoms with E-state index >= 15 is 0 Å². The van der Waals surface area contributed by atoms with E-state index in [0.29, 0.717) is 23.7 Å². The van der Waals surface area contributed by atoms with Crippen molar-refractivity contribution in [3.8, 4) is 0 Å². The smallest absolute Gasteiger partial charge is 0.328 e. The Balaban J connectivity index is 0.000000205. The minimum absolute atomic E-state index is 0. The number of likely N-dealkylation sites (tertiary alicyclic amines) is 1. The number of nitrogens with zero attached hydrogens (tertiary/aromatic N) is 4. The number of aromatic nitrogens is 1. The van der Waals surface area contributed by atoms with Gasteiger partial charge < -0.3 is 26.6 Å². The summed E-state index contributed by atoms with van der Waals surface area (Å²) in [6.07, 6.45) is 3.50. The minimum atomic E-state index is -1.26. The fourth-order valence-corrected chi connectivity index (χ4v) is 5.71. The summed E-state index contributed by atoms with van der Waals surface area (Å²) in [7, 11) is 2.22. The third-order valence-electron chi connectivity index (χ3n) is 6.80. The maximum absolute atomic E-state index is 9.55. The predicted octanol–water partition coefficient (Wildman–Crippen LogP) is 7.47. The van der Waals surface area contributed by atoms with Gasteiger partial charge in [-0.1, -0.05) is 71.9 Å². The van der Waals surface area contributed by atoms with Crippen molar-refractivity contribution in [2.45, 2.75) is 22.6 Å². The number of hydrogen-bond acceptors (Lipinski definition) is 9. The number of pyridine rings is 1. The molecule has 12 heteroatoms. The predicted molar refractivity (Wildman–Crippen MR) is 185 cm³/mol. The summed E-state index contributed by atoms with van der Waals surface area (Å²) < 4.78 is 0. The average molecular weight is 659 g/mol. The van der Waals surface area contributed by atoms with Crippen LogP contribution >= 0.6 is 24.2 Å². The van der Waals surface area contributed by atoms with Gasteiger partial charge in [-0.15, -0.1) is 17.5 Å². The highest BCUT2D eigenvalue weighted by Crippen LogP contribution is 2.47. The number of carbonyl (C=O) groups is 2. The van der Waals surface area contributed by atoms with Crippen LogP contribution in [0.15, 0.2) is 129 Å². The van der Waals surface area contributed by atoms with Crippen LogP contribution in [0.5, 0.6) is 0 Å². The molecule has 0 radical (unpaired) electrons. The van der Waals surface area contributed by atoms with E-state index in [-0.39, 0.29) is 18.2 Å². The van der Waals surface area contributed by atoms with Gasteiger partial charge in [0.05, 0.1) is 5.69 Å². The molecule has 2 aliphatic rings. The van der Waals surface area contributed by atoms with Crippen molar-refractivity contribution in [3.63, 3.8) is 0 Å². The van der Waals surface area contributed by atoms with Gasteiger partial charge in [-0.3, -0.25) is 0 Å². The molecule has 0 bridgehead atoms. The summed E-state index contributed by atoms with van der Waals surface area (Å²) in [5.41, 5.74) is 18.4. The molecule has 10 nitrogen and oxygen atoms in total. The number of carboxylic acid groups (broad SMARTS) is 2. The Kier molecular flexibility index (Phi) is 13.5. The number of anilines is 2. The molecule has 3 heterocycles. The van der Waals surface area contributed by atoms with E-state index in [0.717, 1.165) is 5.69 Å². The number of azo groups is 1. The van der Waals surface area contributed by atoms with Crippen LogP contribution in [0, 0.1) is 0 Å². The van der Waals surface area contributed by atoms with Crippen molar-refractivity contribution in [2.24, 2.45) is 10.2 Å². The summed E-state index contributed by atoms with van der Waals surface area (Å²) in [6.45, 7) is 2.35. The first-order chi connectivity index (χ1) is 21.7. The van der Waals surface area contributed by atoms with Crippen LogP contribution in [-0.2, 0) is 9.59 Å². The van der Waals surface area contributed by atoms with E-state index in [4.69, 9.17) is 21.7 Å². The van der Waals surface area contributed by atoms with E-state index in [9.17, 15) is 9.59 Å². The second kappa shape index (κ2) is 17.5. The molecule has 6 N–H and O–H groups in total. The molecule has 0 amide bonds. The van der Waals surface area contributed by atoms with Crippen molar-refractivity contribution < 1.29 is 19.8 Å². The minimum Gasteiger partial charge on any atom is -0.478 e. The number of piperidine rings is 1. The lowest BCUT2D eigenvalue weighted by Crippen LogP contribution is -2.27. The zero-order valence-corrected chi connectivity index (χ0v) is 26.7. The van der Waals surface area contributed by atoms with Gasteiger partial charge in [-0.05, 0) is 73.0 Å². The summed E-state index contributed by atoms with van der Waals surface area (Å²) in [4.78, 5) is 28.2. The maximum atomic E-state index is 9.55. The average Bonchev–Trinajstić information content (AvgIpc) is 3.04. The molecule has 1 aromatic heterocycles. The Labute approximate surface area is 278 Å². The molecule has 0 saturated carbocycles. The van der Waals surface area contributed by atoms with Gasteiger partial charge in [0, 0.05) is 35.0 Å². The third kappa shape index (κ3) is 10.3. The Morgan fingerprint density at radius 1 is 0.783 bits per heavy atom. The lowest BCUT2D eigenvalue weighted by atomic mass is 9.88. The van der Waals surface area contributed by atoms with Gasteiger partial charge in [0.25, 0.3) is 0 Å². The molecule has 3 aromatic carbocycles. The lowest BCUT2D eigenvalue weighted by Gasteiger charge is -2.30. The Bertz CT molecular complexity index is 1670. The number of fused-ring (bicyclic) bond motifs is 2. The van der Waals surface area contributed by atoms with Crippen molar-refractivity contribution in [3.05, 3.63) is 120 Å². The maximum Gasteiger partial charge on any atom is 0.328 e. The monoisotopic (exact) mass is 658 g/mol. The molecule has 238 valence electrons. The van der Waals surface area contributed by atoms with Crippen molar-refractivity contribution in [1.29, 1.82) is 0 Å². The fourth-order valence-electron chi connectivity index (χ4n) is 4.62. The van der Waals surface area contributed by atoms with Crippen molar-refractivity contribution in [2.75, 3.05) is 31.6 Å². The zero-order valence-electron chi connectivity index (χ0n) is 25.1. The molecule has 4 aromatic rings. The number of nitrogen functional groups attached to an aromatic ring is 2. The highest BCUT2D eigenvalue weighted by Gasteiger charge is 2.24. The van der Waals surface area contributed by atoms with Gasteiger partial charge >= 0.3 is 11.9 Å². The number of halogens is 1. The summed E-state index contributed by atoms with van der Waals surface area (Å²) in [5, 5.41) is 23.7. The molecule has 0 spiro atoms. The Morgan fingerprint density at radius 2 is 1.30 bits per heavy atom.